The van der Waals surface area contributed by atoms with Gasteiger partial charge in [-0.3, -0.25) is 4.79 Å². The third-order valence-electron chi connectivity index (χ3n) is 5.15. The number of carbonyl (C=O) groups excluding carboxylic acids is 1. The van der Waals surface area contributed by atoms with Crippen molar-refractivity contribution in [2.75, 3.05) is 0 Å². The molecule has 1 aromatic carbocycles. The Labute approximate surface area is 176 Å². The molecular weight excluding hydrogens is 400 g/mol. The lowest BCUT2D eigenvalue weighted by Gasteiger charge is -2.22. The van der Waals surface area contributed by atoms with Crippen LogP contribution in [0, 0.1) is 11.6 Å². The van der Waals surface area contributed by atoms with E-state index < -0.39 is 17.5 Å². The highest BCUT2D eigenvalue weighted by Crippen LogP contribution is 2.18. The van der Waals surface area contributed by atoms with Gasteiger partial charge in [0.2, 0.25) is 0 Å². The largest absolute Gasteiger partial charge is 0.327 e. The summed E-state index contributed by atoms with van der Waals surface area (Å²) in [5.41, 5.74) is 3.17. The minimum atomic E-state index is -1.06. The zero-order valence-electron chi connectivity index (χ0n) is 16.3. The number of aromatic nitrogens is 4. The number of fused-ring (bicyclic) bond motifs is 2. The summed E-state index contributed by atoms with van der Waals surface area (Å²) < 4.78 is 31.0. The number of imidazole rings is 2. The highest BCUT2D eigenvalue weighted by atomic mass is 19.2. The number of nitrogens with zero attached hydrogens (tertiary/aromatic N) is 5. The number of carbonyl (C=O) groups is 1. The lowest BCUT2D eigenvalue weighted by Crippen LogP contribution is -2.31. The molecule has 0 aliphatic rings. The lowest BCUT2D eigenvalue weighted by atomic mass is 10.1. The number of hydrogen-bond donors (Lipinski definition) is 0. The summed E-state index contributed by atoms with van der Waals surface area (Å²) in [5, 5.41) is 0. The first-order valence-electron chi connectivity index (χ1n) is 9.66. The van der Waals surface area contributed by atoms with E-state index in [1.54, 1.807) is 17.3 Å². The molecule has 0 aliphatic carbocycles. The average Bonchev–Trinajstić information content (AvgIpc) is 3.39. The summed E-state index contributed by atoms with van der Waals surface area (Å²) in [5.74, 6) is -2.47. The molecular formula is C23H17F2N5O. The van der Waals surface area contributed by atoms with Gasteiger partial charge in [-0.05, 0) is 42.5 Å². The highest BCUT2D eigenvalue weighted by molar-refractivity contribution is 5.94. The van der Waals surface area contributed by atoms with Crippen LogP contribution in [0.1, 0.15) is 21.7 Å². The van der Waals surface area contributed by atoms with Crippen molar-refractivity contribution in [1.82, 2.24) is 23.7 Å². The van der Waals surface area contributed by atoms with Crippen molar-refractivity contribution in [2.24, 2.45) is 0 Å². The minimum absolute atomic E-state index is 0.0709. The molecule has 1 amide bonds. The van der Waals surface area contributed by atoms with E-state index in [2.05, 4.69) is 9.97 Å². The Hall–Kier alpha value is -4.07. The minimum Gasteiger partial charge on any atom is -0.327 e. The second kappa shape index (κ2) is 7.64. The summed E-state index contributed by atoms with van der Waals surface area (Å²) in [6.45, 7) is 0.451. The molecule has 0 unspecified atom stereocenters. The van der Waals surface area contributed by atoms with Crippen molar-refractivity contribution in [3.05, 3.63) is 108 Å². The molecule has 0 aliphatic heterocycles. The van der Waals surface area contributed by atoms with Crippen LogP contribution in [-0.4, -0.2) is 29.6 Å². The molecule has 5 aromatic rings. The van der Waals surface area contributed by atoms with E-state index >= 15 is 0 Å². The van der Waals surface area contributed by atoms with E-state index in [0.717, 1.165) is 34.8 Å². The fraction of sp³-hybridized carbons (Fsp3) is 0.0870. The van der Waals surface area contributed by atoms with Crippen molar-refractivity contribution in [3.8, 4) is 0 Å². The zero-order valence-corrected chi connectivity index (χ0v) is 16.3. The van der Waals surface area contributed by atoms with Crippen LogP contribution in [0.4, 0.5) is 8.78 Å². The van der Waals surface area contributed by atoms with E-state index in [4.69, 9.17) is 0 Å². The van der Waals surface area contributed by atoms with Crippen molar-refractivity contribution in [2.45, 2.75) is 13.1 Å². The molecule has 0 bridgehead atoms. The topological polar surface area (TPSA) is 54.9 Å². The van der Waals surface area contributed by atoms with Gasteiger partial charge in [-0.2, -0.15) is 0 Å². The van der Waals surface area contributed by atoms with Crippen LogP contribution in [0.5, 0.6) is 0 Å². The Bertz CT molecular complexity index is 1330. The maximum Gasteiger partial charge on any atom is 0.254 e. The van der Waals surface area contributed by atoms with Gasteiger partial charge in [0.25, 0.3) is 5.91 Å². The van der Waals surface area contributed by atoms with Crippen LogP contribution in [0.2, 0.25) is 0 Å². The number of rotatable bonds is 5. The molecule has 154 valence electrons. The Balaban J connectivity index is 1.54. The molecule has 4 heterocycles. The molecule has 0 spiro atoms. The molecule has 0 radical (unpaired) electrons. The standard InChI is InChI=1S/C23H17F2N5O/c24-19-8-7-16(11-20(19)25)23(31)28(14-17-12-26-21-5-1-3-9-29(17)21)15-18-13-27-22-6-2-4-10-30(18)22/h1-13H,14-15H2. The highest BCUT2D eigenvalue weighted by Gasteiger charge is 2.21. The van der Waals surface area contributed by atoms with Crippen molar-refractivity contribution >= 4 is 17.2 Å². The van der Waals surface area contributed by atoms with Crippen LogP contribution in [0.3, 0.4) is 0 Å². The Morgan fingerprint density at radius 2 is 1.39 bits per heavy atom. The van der Waals surface area contributed by atoms with E-state index in [9.17, 15) is 13.6 Å². The first-order valence-corrected chi connectivity index (χ1v) is 9.66. The third-order valence-corrected chi connectivity index (χ3v) is 5.15. The third kappa shape index (κ3) is 3.52. The van der Waals surface area contributed by atoms with Crippen LogP contribution in [0.25, 0.3) is 11.3 Å². The molecule has 8 heteroatoms. The number of hydrogen-bond acceptors (Lipinski definition) is 3. The molecule has 0 fully saturated rings. The molecule has 0 saturated carbocycles. The number of amides is 1. The average molecular weight is 417 g/mol. The van der Waals surface area contributed by atoms with E-state index in [1.165, 1.54) is 6.07 Å². The van der Waals surface area contributed by atoms with Crippen molar-refractivity contribution < 1.29 is 13.6 Å². The van der Waals surface area contributed by atoms with Gasteiger partial charge in [-0.15, -0.1) is 0 Å². The van der Waals surface area contributed by atoms with E-state index in [0.29, 0.717) is 0 Å². The number of halogens is 2. The van der Waals surface area contributed by atoms with Gasteiger partial charge >= 0.3 is 0 Å². The molecule has 0 atom stereocenters. The monoisotopic (exact) mass is 417 g/mol. The second-order valence-corrected chi connectivity index (χ2v) is 7.15. The summed E-state index contributed by atoms with van der Waals surface area (Å²) in [6, 6.07) is 14.4. The quantitative estimate of drug-likeness (QED) is 0.433. The Kier molecular flexibility index (Phi) is 4.66. The summed E-state index contributed by atoms with van der Waals surface area (Å²) >= 11 is 0. The second-order valence-electron chi connectivity index (χ2n) is 7.15. The van der Waals surface area contributed by atoms with Gasteiger partial charge in [-0.1, -0.05) is 12.1 Å². The van der Waals surface area contributed by atoms with E-state index in [-0.39, 0.29) is 18.7 Å². The van der Waals surface area contributed by atoms with Gasteiger partial charge in [-0.25, -0.2) is 18.7 Å². The van der Waals surface area contributed by atoms with Crippen molar-refractivity contribution in [3.63, 3.8) is 0 Å². The lowest BCUT2D eigenvalue weighted by molar-refractivity contribution is 0.0724. The first kappa shape index (κ1) is 18.9. The van der Waals surface area contributed by atoms with Gasteiger partial charge in [0.05, 0.1) is 36.9 Å². The predicted molar refractivity (Wildman–Crippen MR) is 110 cm³/mol. The van der Waals surface area contributed by atoms with Crippen LogP contribution >= 0.6 is 0 Å². The molecule has 5 rings (SSSR count). The molecule has 4 aromatic heterocycles. The van der Waals surface area contributed by atoms with Crippen molar-refractivity contribution in [1.29, 1.82) is 0 Å². The van der Waals surface area contributed by atoms with Gasteiger partial charge in [0.15, 0.2) is 11.6 Å². The maximum absolute atomic E-state index is 13.8. The molecule has 31 heavy (non-hydrogen) atoms. The smallest absolute Gasteiger partial charge is 0.254 e. The summed E-state index contributed by atoms with van der Waals surface area (Å²) in [6.07, 6.45) is 7.14. The first-order chi connectivity index (χ1) is 15.1. The predicted octanol–water partition coefficient (Wildman–Crippen LogP) is 4.10. The fourth-order valence-electron chi connectivity index (χ4n) is 3.61. The van der Waals surface area contributed by atoms with Crippen LogP contribution < -0.4 is 0 Å². The summed E-state index contributed by atoms with van der Waals surface area (Å²) in [4.78, 5) is 23.6. The number of pyridine rings is 2. The fourth-order valence-corrected chi connectivity index (χ4v) is 3.61. The van der Waals surface area contributed by atoms with Gasteiger partial charge in [0.1, 0.15) is 11.3 Å². The Morgan fingerprint density at radius 3 is 1.94 bits per heavy atom. The Morgan fingerprint density at radius 1 is 0.806 bits per heavy atom. The van der Waals surface area contributed by atoms with Gasteiger partial charge in [0, 0.05) is 18.0 Å². The SMILES string of the molecule is O=C(c1ccc(F)c(F)c1)N(Cc1cnc2ccccn12)Cc1cnc2ccccn12. The van der Waals surface area contributed by atoms with Gasteiger partial charge < -0.3 is 13.7 Å². The van der Waals surface area contributed by atoms with Crippen LogP contribution in [-0.2, 0) is 13.1 Å². The maximum atomic E-state index is 13.8. The molecule has 6 nitrogen and oxygen atoms in total. The molecule has 0 saturated heterocycles. The molecule has 0 N–H and O–H groups in total. The summed E-state index contributed by atoms with van der Waals surface area (Å²) in [7, 11) is 0. The van der Waals surface area contributed by atoms with E-state index in [1.807, 2.05) is 57.6 Å². The normalized spacial score (nSPS) is 11.3. The zero-order chi connectivity index (χ0) is 21.4. The van der Waals surface area contributed by atoms with Crippen LogP contribution in [0.15, 0.2) is 79.4 Å². The number of benzene rings is 1.